The number of hydrogen-bond acceptors (Lipinski definition) is 11. The van der Waals surface area contributed by atoms with Crippen LogP contribution in [0.2, 0.25) is 0 Å². The smallest absolute Gasteiger partial charge is 0.255 e. The number of thiazole rings is 1. The van der Waals surface area contributed by atoms with E-state index in [-0.39, 0.29) is 17.7 Å². The normalized spacial score (nSPS) is 14.5. The fraction of sp³-hybridized carbons (Fsp3) is 0.442. The first-order chi connectivity index (χ1) is 28.0. The molecule has 304 valence electrons. The highest BCUT2D eigenvalue weighted by atomic mass is 32.1. The largest absolute Gasteiger partial charge is 0.379 e. The lowest BCUT2D eigenvalue weighted by Gasteiger charge is -2.36. The second-order valence-electron chi connectivity index (χ2n) is 13.7. The zero-order valence-corrected chi connectivity index (χ0v) is 33.5. The third kappa shape index (κ3) is 12.2. The SMILES string of the molecule is CCCOCCOCCOCCOCCOCCC(=O)N1CCN(c2ccc(-c3ccc4c(c3)C(=O)N(C(C(=O)Nc3nccs3)c3ccccc3)C4)cc2)CC1. The van der Waals surface area contributed by atoms with Crippen molar-refractivity contribution in [3.05, 3.63) is 101 Å². The molecule has 0 aliphatic carbocycles. The fourth-order valence-electron chi connectivity index (χ4n) is 6.80. The van der Waals surface area contributed by atoms with Gasteiger partial charge in [-0.05, 0) is 46.9 Å². The summed E-state index contributed by atoms with van der Waals surface area (Å²) < 4.78 is 27.5. The van der Waals surface area contributed by atoms with E-state index in [0.29, 0.717) is 96.2 Å². The summed E-state index contributed by atoms with van der Waals surface area (Å²) in [4.78, 5) is 50.3. The van der Waals surface area contributed by atoms with Crippen molar-refractivity contribution in [1.82, 2.24) is 14.8 Å². The Morgan fingerprint density at radius 1 is 0.754 bits per heavy atom. The van der Waals surface area contributed by atoms with Gasteiger partial charge in [-0.2, -0.15) is 0 Å². The molecule has 2 aliphatic rings. The number of nitrogens with zero attached hydrogens (tertiary/aromatic N) is 4. The number of ether oxygens (including phenoxy) is 5. The Balaban J connectivity index is 0.895. The maximum Gasteiger partial charge on any atom is 0.255 e. The summed E-state index contributed by atoms with van der Waals surface area (Å²) in [6.45, 7) is 10.4. The first kappa shape index (κ1) is 41.9. The average molecular weight is 800 g/mol. The van der Waals surface area contributed by atoms with E-state index >= 15 is 0 Å². The first-order valence-electron chi connectivity index (χ1n) is 19.7. The molecule has 1 atom stereocenters. The van der Waals surface area contributed by atoms with Gasteiger partial charge in [0.15, 0.2) is 5.13 Å². The van der Waals surface area contributed by atoms with Gasteiger partial charge in [-0.3, -0.25) is 19.7 Å². The van der Waals surface area contributed by atoms with Crippen LogP contribution in [0.15, 0.2) is 84.4 Å². The zero-order chi connectivity index (χ0) is 39.7. The van der Waals surface area contributed by atoms with Crippen LogP contribution in [0.1, 0.15) is 47.3 Å². The van der Waals surface area contributed by atoms with E-state index in [9.17, 15) is 14.4 Å². The number of nitrogens with one attached hydrogen (secondary N) is 1. The van der Waals surface area contributed by atoms with Gasteiger partial charge < -0.3 is 38.4 Å². The van der Waals surface area contributed by atoms with Crippen LogP contribution in [0.3, 0.4) is 0 Å². The minimum atomic E-state index is -0.804. The van der Waals surface area contributed by atoms with Gasteiger partial charge in [-0.25, -0.2) is 4.98 Å². The van der Waals surface area contributed by atoms with Crippen molar-refractivity contribution in [3.63, 3.8) is 0 Å². The quantitative estimate of drug-likeness (QED) is 0.0936. The highest BCUT2D eigenvalue weighted by molar-refractivity contribution is 7.13. The number of hydrogen-bond donors (Lipinski definition) is 1. The van der Waals surface area contributed by atoms with Gasteiger partial charge in [0.2, 0.25) is 5.91 Å². The Hall–Kier alpha value is -4.70. The molecule has 0 saturated carbocycles. The number of aromatic nitrogens is 1. The molecule has 3 heterocycles. The number of carbonyl (C=O) groups excluding carboxylic acids is 3. The van der Waals surface area contributed by atoms with Gasteiger partial charge in [0.1, 0.15) is 6.04 Å². The molecule has 57 heavy (non-hydrogen) atoms. The molecular formula is C43H53N5O8S. The summed E-state index contributed by atoms with van der Waals surface area (Å²) in [6.07, 6.45) is 2.99. The highest BCUT2D eigenvalue weighted by Crippen LogP contribution is 2.35. The van der Waals surface area contributed by atoms with E-state index in [1.807, 2.05) is 53.4 Å². The lowest BCUT2D eigenvalue weighted by molar-refractivity contribution is -0.132. The molecule has 0 bridgehead atoms. The van der Waals surface area contributed by atoms with Gasteiger partial charge in [-0.1, -0.05) is 61.5 Å². The third-order valence-electron chi connectivity index (χ3n) is 9.77. The van der Waals surface area contributed by atoms with Crippen LogP contribution in [0, 0.1) is 0 Å². The summed E-state index contributed by atoms with van der Waals surface area (Å²) in [5.74, 6) is -0.387. The second kappa shape index (κ2) is 22.3. The summed E-state index contributed by atoms with van der Waals surface area (Å²) >= 11 is 1.33. The molecule has 3 amide bonds. The monoisotopic (exact) mass is 799 g/mol. The molecule has 14 heteroatoms. The van der Waals surface area contributed by atoms with Crippen molar-refractivity contribution < 1.29 is 38.1 Å². The summed E-state index contributed by atoms with van der Waals surface area (Å²) in [5, 5.41) is 5.17. The van der Waals surface area contributed by atoms with Crippen molar-refractivity contribution in [2.24, 2.45) is 0 Å². The van der Waals surface area contributed by atoms with Crippen LogP contribution in [-0.4, -0.2) is 125 Å². The molecule has 0 radical (unpaired) electrons. The van der Waals surface area contributed by atoms with Crippen LogP contribution in [0.25, 0.3) is 11.1 Å². The number of piperazine rings is 1. The molecule has 1 N–H and O–H groups in total. The van der Waals surface area contributed by atoms with Crippen molar-refractivity contribution in [2.45, 2.75) is 32.4 Å². The molecule has 4 aromatic rings. The van der Waals surface area contributed by atoms with Crippen molar-refractivity contribution >= 4 is 39.9 Å². The van der Waals surface area contributed by atoms with Crippen molar-refractivity contribution in [3.8, 4) is 11.1 Å². The zero-order valence-electron chi connectivity index (χ0n) is 32.6. The Morgan fingerprint density at radius 3 is 1.98 bits per heavy atom. The van der Waals surface area contributed by atoms with Crippen molar-refractivity contribution in [1.29, 1.82) is 0 Å². The second-order valence-corrected chi connectivity index (χ2v) is 14.6. The van der Waals surface area contributed by atoms with Gasteiger partial charge in [0.25, 0.3) is 11.8 Å². The molecule has 1 fully saturated rings. The Labute approximate surface area is 338 Å². The fourth-order valence-corrected chi connectivity index (χ4v) is 7.33. The van der Waals surface area contributed by atoms with E-state index in [0.717, 1.165) is 54.1 Å². The summed E-state index contributed by atoms with van der Waals surface area (Å²) in [5.41, 5.74) is 5.23. The van der Waals surface area contributed by atoms with Crippen LogP contribution < -0.4 is 10.2 Å². The standard InChI is InChI=1S/C43H53N5O8S/c1-2-20-52-22-24-54-26-28-56-29-27-55-25-23-53-21-14-39(49)47-18-16-46(17-19-47)37-12-10-33(11-13-37)35-8-9-36-32-48(42(51)38(36)31-35)40(34-6-4-3-5-7-34)41(50)45-43-44-15-30-57-43/h3-13,15,30-31,40H,2,14,16-29,32H2,1H3,(H,44,45,50). The Morgan fingerprint density at radius 2 is 1.37 bits per heavy atom. The van der Waals surface area contributed by atoms with E-state index < -0.39 is 6.04 Å². The third-order valence-corrected chi connectivity index (χ3v) is 10.5. The number of amides is 3. The minimum Gasteiger partial charge on any atom is -0.379 e. The lowest BCUT2D eigenvalue weighted by Crippen LogP contribution is -2.49. The first-order valence-corrected chi connectivity index (χ1v) is 20.6. The topological polar surface area (TPSA) is 132 Å². The molecule has 1 unspecified atom stereocenters. The van der Waals surface area contributed by atoms with Gasteiger partial charge in [-0.15, -0.1) is 11.3 Å². The van der Waals surface area contributed by atoms with Gasteiger partial charge in [0, 0.05) is 62.2 Å². The Bertz CT molecular complexity index is 1840. The average Bonchev–Trinajstić information content (AvgIpc) is 3.88. The molecule has 6 rings (SSSR count). The summed E-state index contributed by atoms with van der Waals surface area (Å²) in [6, 6.07) is 22.8. The minimum absolute atomic E-state index is 0.0958. The van der Waals surface area contributed by atoms with E-state index in [1.165, 1.54) is 11.3 Å². The predicted octanol–water partition coefficient (Wildman–Crippen LogP) is 5.68. The van der Waals surface area contributed by atoms with Crippen LogP contribution >= 0.6 is 11.3 Å². The number of anilines is 2. The number of fused-ring (bicyclic) bond motifs is 1. The molecule has 1 aromatic heterocycles. The van der Waals surface area contributed by atoms with E-state index in [4.69, 9.17) is 23.7 Å². The molecule has 13 nitrogen and oxygen atoms in total. The number of benzene rings is 3. The maximum absolute atomic E-state index is 13.9. The van der Waals surface area contributed by atoms with E-state index in [2.05, 4.69) is 46.4 Å². The predicted molar refractivity (Wildman–Crippen MR) is 219 cm³/mol. The van der Waals surface area contributed by atoms with E-state index in [1.54, 1.807) is 16.5 Å². The maximum atomic E-state index is 13.9. The van der Waals surface area contributed by atoms with Gasteiger partial charge >= 0.3 is 0 Å². The Kier molecular flexibility index (Phi) is 16.4. The number of carbonyl (C=O) groups is 3. The highest BCUT2D eigenvalue weighted by Gasteiger charge is 2.38. The molecule has 2 aliphatic heterocycles. The molecule has 0 spiro atoms. The molecule has 1 saturated heterocycles. The molecular weight excluding hydrogens is 747 g/mol. The van der Waals surface area contributed by atoms with Crippen molar-refractivity contribution in [2.75, 3.05) is 102 Å². The van der Waals surface area contributed by atoms with Crippen LogP contribution in [-0.2, 0) is 39.8 Å². The summed E-state index contributed by atoms with van der Waals surface area (Å²) in [7, 11) is 0. The lowest BCUT2D eigenvalue weighted by atomic mass is 10.00. The molecule has 3 aromatic carbocycles. The van der Waals surface area contributed by atoms with Crippen LogP contribution in [0.5, 0.6) is 0 Å². The van der Waals surface area contributed by atoms with Gasteiger partial charge in [0.05, 0.1) is 65.9 Å². The number of rotatable bonds is 23. The van der Waals surface area contributed by atoms with Crippen LogP contribution in [0.4, 0.5) is 10.8 Å².